The fourth-order valence-electron chi connectivity index (χ4n) is 2.57. The SMILES string of the molecule is CCCCCCC(O)c1cccc(Br)c1C1CC1. The zero-order valence-electron chi connectivity index (χ0n) is 11.2. The van der Waals surface area contributed by atoms with Crippen LogP contribution in [0.25, 0.3) is 0 Å². The molecule has 0 saturated heterocycles. The summed E-state index contributed by atoms with van der Waals surface area (Å²) in [6.07, 6.45) is 8.06. The molecule has 2 rings (SSSR count). The molecule has 1 unspecified atom stereocenters. The molecule has 100 valence electrons. The largest absolute Gasteiger partial charge is 0.388 e. The van der Waals surface area contributed by atoms with E-state index < -0.39 is 0 Å². The molecule has 1 nitrogen and oxygen atoms in total. The van der Waals surface area contributed by atoms with Crippen LogP contribution in [0.4, 0.5) is 0 Å². The highest BCUT2D eigenvalue weighted by Gasteiger charge is 2.29. The monoisotopic (exact) mass is 310 g/mol. The van der Waals surface area contributed by atoms with Gasteiger partial charge in [-0.1, -0.05) is 60.7 Å². The van der Waals surface area contributed by atoms with Gasteiger partial charge in [-0.15, -0.1) is 0 Å². The van der Waals surface area contributed by atoms with Gasteiger partial charge in [0.1, 0.15) is 0 Å². The Morgan fingerprint density at radius 3 is 2.72 bits per heavy atom. The molecule has 0 aromatic heterocycles. The number of rotatable bonds is 7. The Bertz CT molecular complexity index is 385. The zero-order chi connectivity index (χ0) is 13.0. The lowest BCUT2D eigenvalue weighted by Gasteiger charge is -2.16. The van der Waals surface area contributed by atoms with Gasteiger partial charge in [0.2, 0.25) is 0 Å². The number of aliphatic hydroxyl groups excluding tert-OH is 1. The Hall–Kier alpha value is -0.340. The Morgan fingerprint density at radius 2 is 2.06 bits per heavy atom. The molecule has 0 aliphatic heterocycles. The van der Waals surface area contributed by atoms with Crippen LogP contribution in [0.1, 0.15) is 75.0 Å². The third kappa shape index (κ3) is 3.58. The summed E-state index contributed by atoms with van der Waals surface area (Å²) in [4.78, 5) is 0. The highest BCUT2D eigenvalue weighted by Crippen LogP contribution is 2.46. The second-order valence-electron chi connectivity index (χ2n) is 5.38. The van der Waals surface area contributed by atoms with Crippen molar-refractivity contribution >= 4 is 15.9 Å². The minimum atomic E-state index is -0.282. The summed E-state index contributed by atoms with van der Waals surface area (Å²) in [6.45, 7) is 2.22. The van der Waals surface area contributed by atoms with Crippen LogP contribution in [-0.2, 0) is 0 Å². The summed E-state index contributed by atoms with van der Waals surface area (Å²) in [5, 5.41) is 10.4. The molecule has 1 saturated carbocycles. The van der Waals surface area contributed by atoms with Crippen LogP contribution in [0.5, 0.6) is 0 Å². The van der Waals surface area contributed by atoms with Gasteiger partial charge in [-0.25, -0.2) is 0 Å². The van der Waals surface area contributed by atoms with Crippen molar-refractivity contribution in [2.75, 3.05) is 0 Å². The van der Waals surface area contributed by atoms with Crippen LogP contribution < -0.4 is 0 Å². The highest BCUT2D eigenvalue weighted by atomic mass is 79.9. The molecule has 1 aliphatic carbocycles. The van der Waals surface area contributed by atoms with Crippen molar-refractivity contribution in [1.29, 1.82) is 0 Å². The first kappa shape index (κ1) is 14.1. The van der Waals surface area contributed by atoms with Gasteiger partial charge < -0.3 is 5.11 Å². The van der Waals surface area contributed by atoms with Gasteiger partial charge in [0.05, 0.1) is 6.10 Å². The summed E-state index contributed by atoms with van der Waals surface area (Å²) in [5.41, 5.74) is 2.52. The molecule has 0 amide bonds. The molecule has 1 aromatic carbocycles. The van der Waals surface area contributed by atoms with Crippen molar-refractivity contribution in [3.8, 4) is 0 Å². The Labute approximate surface area is 119 Å². The number of unbranched alkanes of at least 4 members (excludes halogenated alkanes) is 3. The van der Waals surface area contributed by atoms with Gasteiger partial charge in [-0.05, 0) is 42.4 Å². The Kier molecular flexibility index (Phi) is 5.25. The van der Waals surface area contributed by atoms with Gasteiger partial charge in [-0.3, -0.25) is 0 Å². The Balaban J connectivity index is 2.00. The first-order valence-corrected chi connectivity index (χ1v) is 7.99. The van der Waals surface area contributed by atoms with Crippen molar-refractivity contribution in [3.05, 3.63) is 33.8 Å². The van der Waals surface area contributed by atoms with Crippen LogP contribution >= 0.6 is 15.9 Å². The molecule has 1 aromatic rings. The van der Waals surface area contributed by atoms with E-state index in [0.717, 1.165) is 18.4 Å². The van der Waals surface area contributed by atoms with E-state index in [0.29, 0.717) is 5.92 Å². The van der Waals surface area contributed by atoms with Gasteiger partial charge in [0.15, 0.2) is 0 Å². The van der Waals surface area contributed by atoms with E-state index >= 15 is 0 Å². The highest BCUT2D eigenvalue weighted by molar-refractivity contribution is 9.10. The maximum atomic E-state index is 10.4. The van der Waals surface area contributed by atoms with Gasteiger partial charge >= 0.3 is 0 Å². The number of hydrogen-bond acceptors (Lipinski definition) is 1. The lowest BCUT2D eigenvalue weighted by molar-refractivity contribution is 0.162. The second-order valence-corrected chi connectivity index (χ2v) is 6.24. The minimum Gasteiger partial charge on any atom is -0.388 e. The standard InChI is InChI=1S/C16H23BrO/c1-2-3-4-5-9-15(18)13-7-6-8-14(17)16(13)12-10-11-12/h6-8,12,15,18H,2-5,9-11H2,1H3. The molecule has 1 atom stereocenters. The second kappa shape index (κ2) is 6.72. The average molecular weight is 311 g/mol. The normalized spacial score (nSPS) is 16.8. The van der Waals surface area contributed by atoms with E-state index in [9.17, 15) is 5.11 Å². The topological polar surface area (TPSA) is 20.2 Å². The predicted molar refractivity (Wildman–Crippen MR) is 79.8 cm³/mol. The van der Waals surface area contributed by atoms with E-state index in [4.69, 9.17) is 0 Å². The third-order valence-electron chi connectivity index (χ3n) is 3.76. The number of halogens is 1. The number of aliphatic hydroxyl groups is 1. The summed E-state index contributed by atoms with van der Waals surface area (Å²) < 4.78 is 1.18. The quantitative estimate of drug-likeness (QED) is 0.675. The van der Waals surface area contributed by atoms with Crippen LogP contribution in [0.15, 0.2) is 22.7 Å². The molecule has 1 fully saturated rings. The van der Waals surface area contributed by atoms with Gasteiger partial charge in [0.25, 0.3) is 0 Å². The molecular weight excluding hydrogens is 288 g/mol. The van der Waals surface area contributed by atoms with Crippen molar-refractivity contribution in [2.24, 2.45) is 0 Å². The van der Waals surface area contributed by atoms with Crippen LogP contribution in [-0.4, -0.2) is 5.11 Å². The maximum absolute atomic E-state index is 10.4. The minimum absolute atomic E-state index is 0.282. The number of benzene rings is 1. The molecule has 0 spiro atoms. The average Bonchev–Trinajstić information content (AvgIpc) is 3.18. The van der Waals surface area contributed by atoms with Crippen LogP contribution in [0, 0.1) is 0 Å². The zero-order valence-corrected chi connectivity index (χ0v) is 12.7. The summed E-state index contributed by atoms with van der Waals surface area (Å²) in [5.74, 6) is 0.681. The first-order chi connectivity index (χ1) is 8.74. The third-order valence-corrected chi connectivity index (χ3v) is 4.45. The van der Waals surface area contributed by atoms with E-state index in [2.05, 4.69) is 35.0 Å². The van der Waals surface area contributed by atoms with E-state index in [-0.39, 0.29) is 6.10 Å². The Morgan fingerprint density at radius 1 is 1.28 bits per heavy atom. The van der Waals surface area contributed by atoms with Crippen molar-refractivity contribution in [3.63, 3.8) is 0 Å². The van der Waals surface area contributed by atoms with E-state index in [1.807, 2.05) is 6.07 Å². The van der Waals surface area contributed by atoms with Crippen molar-refractivity contribution < 1.29 is 5.11 Å². The molecule has 1 N–H and O–H groups in total. The predicted octanol–water partition coefficient (Wildman–Crippen LogP) is 5.33. The molecule has 2 heteroatoms. The lowest BCUT2D eigenvalue weighted by atomic mass is 9.95. The number of hydrogen-bond donors (Lipinski definition) is 1. The fourth-order valence-corrected chi connectivity index (χ4v) is 3.27. The molecule has 1 aliphatic rings. The molecular formula is C16H23BrO. The maximum Gasteiger partial charge on any atom is 0.0793 e. The smallest absolute Gasteiger partial charge is 0.0793 e. The van der Waals surface area contributed by atoms with Gasteiger partial charge in [-0.2, -0.15) is 0 Å². The molecule has 0 bridgehead atoms. The first-order valence-electron chi connectivity index (χ1n) is 7.20. The van der Waals surface area contributed by atoms with Crippen LogP contribution in [0.2, 0.25) is 0 Å². The summed E-state index contributed by atoms with van der Waals surface area (Å²) in [7, 11) is 0. The molecule has 18 heavy (non-hydrogen) atoms. The van der Waals surface area contributed by atoms with E-state index in [1.165, 1.54) is 42.1 Å². The lowest BCUT2D eigenvalue weighted by Crippen LogP contribution is -2.02. The molecule has 0 radical (unpaired) electrons. The van der Waals surface area contributed by atoms with Gasteiger partial charge in [0, 0.05) is 4.47 Å². The molecule has 0 heterocycles. The van der Waals surface area contributed by atoms with E-state index in [1.54, 1.807) is 0 Å². The van der Waals surface area contributed by atoms with Crippen LogP contribution in [0.3, 0.4) is 0 Å². The van der Waals surface area contributed by atoms with Crippen molar-refractivity contribution in [2.45, 2.75) is 63.9 Å². The van der Waals surface area contributed by atoms with Crippen molar-refractivity contribution in [1.82, 2.24) is 0 Å². The summed E-state index contributed by atoms with van der Waals surface area (Å²) in [6, 6.07) is 6.24. The fraction of sp³-hybridized carbons (Fsp3) is 0.625. The summed E-state index contributed by atoms with van der Waals surface area (Å²) >= 11 is 3.64.